The van der Waals surface area contributed by atoms with E-state index in [2.05, 4.69) is 37.7 Å². The van der Waals surface area contributed by atoms with Crippen LogP contribution < -0.4 is 5.32 Å². The molecule has 1 fully saturated rings. The molecular weight excluding hydrogens is 174 g/mol. The summed E-state index contributed by atoms with van der Waals surface area (Å²) in [6.45, 7) is 10.6. The summed E-state index contributed by atoms with van der Waals surface area (Å²) in [5.74, 6) is 0. The van der Waals surface area contributed by atoms with Crippen molar-refractivity contribution in [3.05, 3.63) is 0 Å². The summed E-state index contributed by atoms with van der Waals surface area (Å²) >= 11 is 0. The van der Waals surface area contributed by atoms with Gasteiger partial charge in [-0.3, -0.25) is 4.90 Å². The summed E-state index contributed by atoms with van der Waals surface area (Å²) in [6.07, 6.45) is 4.10. The quantitative estimate of drug-likeness (QED) is 0.731. The fourth-order valence-electron chi connectivity index (χ4n) is 1.88. The maximum absolute atomic E-state index is 6.50. The second-order valence-electron chi connectivity index (χ2n) is 4.07. The first-order valence-corrected chi connectivity index (χ1v) is 5.41. The van der Waals surface area contributed by atoms with Gasteiger partial charge in [0.15, 0.2) is 0 Å². The van der Waals surface area contributed by atoms with E-state index in [1.165, 1.54) is 32.4 Å². The number of likely N-dealkylation sites (N-methyl/N-ethyl adjacent to an activating group) is 1. The van der Waals surface area contributed by atoms with Gasteiger partial charge in [0.25, 0.3) is 0 Å². The van der Waals surface area contributed by atoms with Gasteiger partial charge in [-0.25, -0.2) is 5.26 Å². The molecule has 1 aliphatic heterocycles. The van der Waals surface area contributed by atoms with Gasteiger partial charge < -0.3 is 5.32 Å². The number of nitriles is 1. The van der Waals surface area contributed by atoms with E-state index in [1.54, 1.807) is 0 Å². The molecule has 82 valence electrons. The van der Waals surface area contributed by atoms with E-state index in [1.807, 2.05) is 0 Å². The molecule has 1 rings (SSSR count). The third-order valence-corrected chi connectivity index (χ3v) is 2.84. The van der Waals surface area contributed by atoms with E-state index in [4.69, 9.17) is 5.26 Å². The summed E-state index contributed by atoms with van der Waals surface area (Å²) in [5.41, 5.74) is 0. The number of hydrogen-bond acceptors (Lipinski definition) is 3. The second-order valence-corrected chi connectivity index (χ2v) is 4.07. The molecule has 3 heteroatoms. The maximum Gasteiger partial charge on any atom is 0.0462 e. The molecule has 0 aliphatic carbocycles. The number of likely N-dealkylation sites (tertiary alicyclic amines) is 1. The van der Waals surface area contributed by atoms with Crippen molar-refractivity contribution in [3.8, 4) is 6.57 Å². The highest BCUT2D eigenvalue weighted by molar-refractivity contribution is 4.76. The Morgan fingerprint density at radius 3 is 2.50 bits per heavy atom. The van der Waals surface area contributed by atoms with Crippen molar-refractivity contribution in [2.45, 2.75) is 45.2 Å². The molecule has 1 unspecified atom stereocenters. The maximum atomic E-state index is 6.50. The fraction of sp³-hybridized carbons (Fsp3) is 0.909. The molecule has 1 heterocycles. The minimum atomic E-state index is 0.707. The van der Waals surface area contributed by atoms with Crippen molar-refractivity contribution in [1.82, 2.24) is 10.2 Å². The molecule has 1 N–H and O–H groups in total. The van der Waals surface area contributed by atoms with Gasteiger partial charge in [0.1, 0.15) is 0 Å². The first kappa shape index (κ1) is 13.4. The van der Waals surface area contributed by atoms with Gasteiger partial charge in [-0.2, -0.15) is 0 Å². The lowest BCUT2D eigenvalue weighted by Gasteiger charge is -2.27. The van der Waals surface area contributed by atoms with Crippen molar-refractivity contribution in [2.24, 2.45) is 0 Å². The zero-order valence-electron chi connectivity index (χ0n) is 9.66. The van der Waals surface area contributed by atoms with E-state index in [9.17, 15) is 0 Å². The average Bonchev–Trinajstić information content (AvgIpc) is 2.45. The van der Waals surface area contributed by atoms with Gasteiger partial charge >= 0.3 is 0 Å². The smallest absolute Gasteiger partial charge is 0.0462 e. The zero-order chi connectivity index (χ0) is 11.0. The molecule has 14 heavy (non-hydrogen) atoms. The minimum absolute atomic E-state index is 0.707. The topological polar surface area (TPSA) is 39.1 Å². The highest BCUT2D eigenvalue weighted by atomic mass is 15.2. The molecule has 0 aromatic rings. The van der Waals surface area contributed by atoms with Gasteiger partial charge in [-0.05, 0) is 40.3 Å². The Morgan fingerprint density at radius 1 is 1.36 bits per heavy atom. The predicted molar refractivity (Wildman–Crippen MR) is 60.1 cm³/mol. The van der Waals surface area contributed by atoms with Crippen LogP contribution in [0.2, 0.25) is 0 Å². The summed E-state index contributed by atoms with van der Waals surface area (Å²) in [5, 5.41) is 9.89. The van der Waals surface area contributed by atoms with Gasteiger partial charge in [-0.1, -0.05) is 6.42 Å². The number of nitrogens with zero attached hydrogens (tertiary/aromatic N) is 2. The summed E-state index contributed by atoms with van der Waals surface area (Å²) < 4.78 is 0. The Bertz CT molecular complexity index is 154. The standard InChI is InChI=1S/C10H22N2.CHN/c1-9(2)12-7-5-4-6-10(8-12)11-3;1-2/h9-11H,4-8H2,1-3H3;1H. The van der Waals surface area contributed by atoms with E-state index in [-0.39, 0.29) is 0 Å². The van der Waals surface area contributed by atoms with Crippen LogP contribution in [0.1, 0.15) is 33.1 Å². The second kappa shape index (κ2) is 7.78. The highest BCUT2D eigenvalue weighted by Gasteiger charge is 2.17. The molecule has 0 bridgehead atoms. The lowest BCUT2D eigenvalue weighted by atomic mass is 10.1. The number of nitrogens with one attached hydrogen (secondary N) is 1. The van der Waals surface area contributed by atoms with Crippen molar-refractivity contribution >= 4 is 0 Å². The molecule has 1 aliphatic rings. The minimum Gasteiger partial charge on any atom is -0.316 e. The van der Waals surface area contributed by atoms with E-state index in [0.29, 0.717) is 6.04 Å². The zero-order valence-corrected chi connectivity index (χ0v) is 9.66. The molecular formula is C11H23N3. The third-order valence-electron chi connectivity index (χ3n) is 2.84. The molecule has 0 aromatic heterocycles. The van der Waals surface area contributed by atoms with Crippen molar-refractivity contribution < 1.29 is 0 Å². The summed E-state index contributed by atoms with van der Waals surface area (Å²) in [6, 6.07) is 1.42. The number of rotatable bonds is 2. The van der Waals surface area contributed by atoms with Crippen LogP contribution in [0.3, 0.4) is 0 Å². The fourth-order valence-corrected chi connectivity index (χ4v) is 1.88. The molecule has 0 spiro atoms. The van der Waals surface area contributed by atoms with Crippen molar-refractivity contribution in [2.75, 3.05) is 20.1 Å². The Hall–Kier alpha value is -0.590. The molecule has 0 saturated carbocycles. The first-order valence-electron chi connectivity index (χ1n) is 5.41. The van der Waals surface area contributed by atoms with Crippen LogP contribution in [-0.2, 0) is 0 Å². The summed E-state index contributed by atoms with van der Waals surface area (Å²) in [7, 11) is 2.08. The Labute approximate surface area is 88.1 Å². The SMILES string of the molecule is C#N.CNC1CCCCN(C(C)C)C1. The largest absolute Gasteiger partial charge is 0.316 e. The molecule has 1 saturated heterocycles. The van der Waals surface area contributed by atoms with Crippen LogP contribution in [0.4, 0.5) is 0 Å². The van der Waals surface area contributed by atoms with E-state index >= 15 is 0 Å². The van der Waals surface area contributed by atoms with Crippen LogP contribution >= 0.6 is 0 Å². The summed E-state index contributed by atoms with van der Waals surface area (Å²) in [4.78, 5) is 2.58. The van der Waals surface area contributed by atoms with Gasteiger partial charge in [0.05, 0.1) is 0 Å². The van der Waals surface area contributed by atoms with Crippen LogP contribution in [0.25, 0.3) is 0 Å². The Balaban J connectivity index is 0.000000791. The monoisotopic (exact) mass is 197 g/mol. The highest BCUT2D eigenvalue weighted by Crippen LogP contribution is 2.12. The Morgan fingerprint density at radius 2 is 2.00 bits per heavy atom. The van der Waals surface area contributed by atoms with Crippen LogP contribution in [0.15, 0.2) is 0 Å². The van der Waals surface area contributed by atoms with Crippen LogP contribution in [0, 0.1) is 11.8 Å². The predicted octanol–water partition coefficient (Wildman–Crippen LogP) is 1.61. The van der Waals surface area contributed by atoms with Gasteiger partial charge in [0, 0.05) is 25.2 Å². The third kappa shape index (κ3) is 4.59. The Kier molecular flexibility index (Phi) is 7.45. The molecule has 0 aromatic carbocycles. The lowest BCUT2D eigenvalue weighted by Crippen LogP contribution is -2.41. The molecule has 0 amide bonds. The molecule has 0 radical (unpaired) electrons. The molecule has 3 nitrogen and oxygen atoms in total. The first-order chi connectivity index (χ1) is 6.74. The van der Waals surface area contributed by atoms with Crippen molar-refractivity contribution in [1.29, 1.82) is 5.26 Å². The van der Waals surface area contributed by atoms with Crippen molar-refractivity contribution in [3.63, 3.8) is 0 Å². The van der Waals surface area contributed by atoms with Crippen LogP contribution in [-0.4, -0.2) is 37.1 Å². The molecule has 1 atom stereocenters. The van der Waals surface area contributed by atoms with E-state index < -0.39 is 0 Å². The van der Waals surface area contributed by atoms with Crippen LogP contribution in [0.5, 0.6) is 0 Å². The van der Waals surface area contributed by atoms with Gasteiger partial charge in [-0.15, -0.1) is 0 Å². The average molecular weight is 197 g/mol. The normalized spacial score (nSPS) is 23.7. The van der Waals surface area contributed by atoms with Gasteiger partial charge in [0.2, 0.25) is 0 Å². The number of hydrogen-bond donors (Lipinski definition) is 1. The lowest BCUT2D eigenvalue weighted by molar-refractivity contribution is 0.214. The van der Waals surface area contributed by atoms with E-state index in [0.717, 1.165) is 6.04 Å².